The minimum absolute atomic E-state index is 0.275. The third kappa shape index (κ3) is 2.96. The summed E-state index contributed by atoms with van der Waals surface area (Å²) in [5.74, 6) is 0. The summed E-state index contributed by atoms with van der Waals surface area (Å²) in [4.78, 5) is 2.68. The molecule has 3 heteroatoms. The summed E-state index contributed by atoms with van der Waals surface area (Å²) in [5.41, 5.74) is 0.550. The fourth-order valence-corrected chi connectivity index (χ4v) is 3.57. The Morgan fingerprint density at radius 2 is 1.44 bits per heavy atom. The topological polar surface area (TPSA) is 27.3 Å². The number of nitrogens with one attached hydrogen (secondary N) is 2. The highest BCUT2D eigenvalue weighted by atomic mass is 15.2. The highest BCUT2D eigenvalue weighted by Crippen LogP contribution is 2.31. The molecule has 94 valence electrons. The van der Waals surface area contributed by atoms with Gasteiger partial charge < -0.3 is 10.6 Å². The van der Waals surface area contributed by atoms with Gasteiger partial charge in [-0.1, -0.05) is 0 Å². The molecule has 2 aliphatic heterocycles. The lowest BCUT2D eigenvalue weighted by atomic mass is 9.79. The molecular formula is C13H27N3. The fraction of sp³-hybridized carbons (Fsp3) is 1.00. The molecule has 0 atom stereocenters. The van der Waals surface area contributed by atoms with Gasteiger partial charge in [-0.05, 0) is 40.5 Å². The van der Waals surface area contributed by atoms with Gasteiger partial charge in [0, 0.05) is 43.3 Å². The predicted octanol–water partition coefficient (Wildman–Crippen LogP) is 1.20. The Morgan fingerprint density at radius 1 is 0.938 bits per heavy atom. The quantitative estimate of drug-likeness (QED) is 0.702. The minimum Gasteiger partial charge on any atom is -0.314 e. The molecule has 0 saturated carbocycles. The molecule has 2 rings (SSSR count). The van der Waals surface area contributed by atoms with Crippen LogP contribution < -0.4 is 10.6 Å². The minimum atomic E-state index is 0.275. The van der Waals surface area contributed by atoms with Gasteiger partial charge in [0.05, 0.1) is 0 Å². The summed E-state index contributed by atoms with van der Waals surface area (Å²) in [6, 6.07) is 0.758. The summed E-state index contributed by atoms with van der Waals surface area (Å²) < 4.78 is 0. The van der Waals surface area contributed by atoms with Crippen molar-refractivity contribution in [3.05, 3.63) is 0 Å². The van der Waals surface area contributed by atoms with E-state index >= 15 is 0 Å². The number of nitrogens with zero attached hydrogens (tertiary/aromatic N) is 1. The molecule has 0 spiro atoms. The summed E-state index contributed by atoms with van der Waals surface area (Å²) in [7, 11) is 0. The first-order valence-corrected chi connectivity index (χ1v) is 6.62. The van der Waals surface area contributed by atoms with E-state index in [1.165, 1.54) is 25.9 Å². The molecule has 0 aromatic heterocycles. The number of rotatable bonds is 1. The molecule has 0 unspecified atom stereocenters. The average molecular weight is 225 g/mol. The molecule has 2 fully saturated rings. The van der Waals surface area contributed by atoms with E-state index in [1.54, 1.807) is 0 Å². The van der Waals surface area contributed by atoms with Crippen LogP contribution in [0.4, 0.5) is 0 Å². The van der Waals surface area contributed by atoms with Gasteiger partial charge in [-0.15, -0.1) is 0 Å². The SMILES string of the molecule is CC1(C)CC(N2CCNCC2)CC(C)(C)N1. The number of piperidine rings is 1. The van der Waals surface area contributed by atoms with E-state index in [1.807, 2.05) is 0 Å². The lowest BCUT2D eigenvalue weighted by Crippen LogP contribution is -2.63. The molecule has 2 N–H and O–H groups in total. The van der Waals surface area contributed by atoms with Gasteiger partial charge >= 0.3 is 0 Å². The summed E-state index contributed by atoms with van der Waals surface area (Å²) >= 11 is 0. The van der Waals surface area contributed by atoms with Crippen LogP contribution in [0.25, 0.3) is 0 Å². The smallest absolute Gasteiger partial charge is 0.0145 e. The van der Waals surface area contributed by atoms with Gasteiger partial charge in [0.2, 0.25) is 0 Å². The van der Waals surface area contributed by atoms with Crippen molar-refractivity contribution in [2.24, 2.45) is 0 Å². The van der Waals surface area contributed by atoms with Crippen molar-refractivity contribution < 1.29 is 0 Å². The van der Waals surface area contributed by atoms with Crippen molar-refractivity contribution >= 4 is 0 Å². The van der Waals surface area contributed by atoms with Gasteiger partial charge in [-0.25, -0.2) is 0 Å². The highest BCUT2D eigenvalue weighted by Gasteiger charge is 2.39. The number of piperazine rings is 1. The van der Waals surface area contributed by atoms with Gasteiger partial charge in [0.1, 0.15) is 0 Å². The third-order valence-corrected chi connectivity index (χ3v) is 3.84. The Kier molecular flexibility index (Phi) is 3.30. The van der Waals surface area contributed by atoms with Crippen molar-refractivity contribution in [3.8, 4) is 0 Å². The average Bonchev–Trinajstić information content (AvgIpc) is 2.14. The van der Waals surface area contributed by atoms with Gasteiger partial charge in [-0.3, -0.25) is 4.90 Å². The van der Waals surface area contributed by atoms with Crippen LogP contribution in [0, 0.1) is 0 Å². The maximum absolute atomic E-state index is 3.76. The van der Waals surface area contributed by atoms with E-state index in [4.69, 9.17) is 0 Å². The first kappa shape index (κ1) is 12.3. The van der Waals surface area contributed by atoms with Crippen LogP contribution in [0.15, 0.2) is 0 Å². The zero-order valence-electron chi connectivity index (χ0n) is 11.3. The Bertz CT molecular complexity index is 226. The van der Waals surface area contributed by atoms with Crippen molar-refractivity contribution in [1.82, 2.24) is 15.5 Å². The number of hydrogen-bond acceptors (Lipinski definition) is 3. The molecule has 0 aromatic carbocycles. The van der Waals surface area contributed by atoms with E-state index in [2.05, 4.69) is 43.2 Å². The molecule has 0 radical (unpaired) electrons. The zero-order valence-corrected chi connectivity index (χ0v) is 11.3. The number of hydrogen-bond donors (Lipinski definition) is 2. The van der Waals surface area contributed by atoms with Crippen LogP contribution >= 0.6 is 0 Å². The first-order chi connectivity index (χ1) is 7.38. The second-order valence-corrected chi connectivity index (χ2v) is 6.74. The monoisotopic (exact) mass is 225 g/mol. The van der Waals surface area contributed by atoms with E-state index in [9.17, 15) is 0 Å². The molecule has 0 aromatic rings. The maximum Gasteiger partial charge on any atom is 0.0145 e. The summed E-state index contributed by atoms with van der Waals surface area (Å²) in [6.07, 6.45) is 2.55. The predicted molar refractivity (Wildman–Crippen MR) is 68.8 cm³/mol. The van der Waals surface area contributed by atoms with Gasteiger partial charge in [0.15, 0.2) is 0 Å². The molecule has 16 heavy (non-hydrogen) atoms. The van der Waals surface area contributed by atoms with Crippen LogP contribution in [0.2, 0.25) is 0 Å². The van der Waals surface area contributed by atoms with Crippen LogP contribution in [0.1, 0.15) is 40.5 Å². The Balaban J connectivity index is 2.03. The fourth-order valence-electron chi connectivity index (χ4n) is 3.57. The van der Waals surface area contributed by atoms with E-state index in [0.717, 1.165) is 19.1 Å². The van der Waals surface area contributed by atoms with Crippen molar-refractivity contribution in [2.75, 3.05) is 26.2 Å². The van der Waals surface area contributed by atoms with Crippen LogP contribution in [0.3, 0.4) is 0 Å². The lowest BCUT2D eigenvalue weighted by Gasteiger charge is -2.50. The first-order valence-electron chi connectivity index (χ1n) is 6.62. The molecule has 3 nitrogen and oxygen atoms in total. The molecular weight excluding hydrogens is 198 g/mol. The van der Waals surface area contributed by atoms with E-state index in [-0.39, 0.29) is 11.1 Å². The highest BCUT2D eigenvalue weighted by molar-refractivity contribution is 5.00. The zero-order chi connectivity index (χ0) is 11.8. The standard InChI is InChI=1S/C13H27N3/c1-12(2)9-11(10-13(3,4)15-12)16-7-5-14-6-8-16/h11,14-15H,5-10H2,1-4H3. The third-order valence-electron chi connectivity index (χ3n) is 3.84. The Morgan fingerprint density at radius 3 is 1.94 bits per heavy atom. The largest absolute Gasteiger partial charge is 0.314 e. The van der Waals surface area contributed by atoms with Gasteiger partial charge in [0.25, 0.3) is 0 Å². The van der Waals surface area contributed by atoms with Crippen LogP contribution in [-0.2, 0) is 0 Å². The molecule has 2 saturated heterocycles. The van der Waals surface area contributed by atoms with Crippen molar-refractivity contribution in [3.63, 3.8) is 0 Å². The van der Waals surface area contributed by atoms with Crippen LogP contribution in [-0.4, -0.2) is 48.2 Å². The second kappa shape index (κ2) is 4.28. The second-order valence-electron chi connectivity index (χ2n) is 6.74. The lowest BCUT2D eigenvalue weighted by molar-refractivity contribution is 0.0589. The maximum atomic E-state index is 3.76. The van der Waals surface area contributed by atoms with Crippen molar-refractivity contribution in [2.45, 2.75) is 57.7 Å². The van der Waals surface area contributed by atoms with E-state index in [0.29, 0.717) is 0 Å². The van der Waals surface area contributed by atoms with Gasteiger partial charge in [-0.2, -0.15) is 0 Å². The molecule has 2 aliphatic rings. The van der Waals surface area contributed by atoms with E-state index < -0.39 is 0 Å². The normalized spacial score (nSPS) is 31.5. The van der Waals surface area contributed by atoms with Crippen LogP contribution in [0.5, 0.6) is 0 Å². The summed E-state index contributed by atoms with van der Waals surface area (Å²) in [6.45, 7) is 14.1. The Hall–Kier alpha value is -0.120. The molecule has 0 aliphatic carbocycles. The molecule has 0 amide bonds. The van der Waals surface area contributed by atoms with Crippen molar-refractivity contribution in [1.29, 1.82) is 0 Å². The summed E-state index contributed by atoms with van der Waals surface area (Å²) in [5, 5.41) is 7.20. The molecule has 0 bridgehead atoms. The molecule has 2 heterocycles. The Labute approximate surface area is 100.0 Å².